The summed E-state index contributed by atoms with van der Waals surface area (Å²) >= 11 is 0. The van der Waals surface area contributed by atoms with Crippen molar-refractivity contribution in [2.24, 2.45) is 0 Å². The molecular formula is C80H80BN3. The summed E-state index contributed by atoms with van der Waals surface area (Å²) in [5.41, 5.74) is 32.9. The Balaban J connectivity index is 1.17. The number of benzene rings is 9. The molecule has 4 aliphatic rings. The predicted molar refractivity (Wildman–Crippen MR) is 362 cm³/mol. The number of aromatic nitrogens is 3. The van der Waals surface area contributed by atoms with E-state index in [0.717, 1.165) is 0 Å². The molecule has 0 atom stereocenters. The van der Waals surface area contributed by atoms with Gasteiger partial charge >= 0.3 is 0 Å². The molecule has 12 aromatic rings. The third kappa shape index (κ3) is 6.56. The van der Waals surface area contributed by atoms with Crippen molar-refractivity contribution < 1.29 is 0 Å². The lowest BCUT2D eigenvalue weighted by Crippen LogP contribution is -2.60. The van der Waals surface area contributed by atoms with E-state index in [2.05, 4.69) is 278 Å². The highest BCUT2D eigenvalue weighted by molar-refractivity contribution is 7.00. The van der Waals surface area contributed by atoms with Crippen LogP contribution in [0.1, 0.15) is 204 Å². The molecular weight excluding hydrogens is 1010 g/mol. The number of hydrogen-bond acceptors (Lipinski definition) is 0. The Labute approximate surface area is 497 Å². The monoisotopic (exact) mass is 1090 g/mol. The van der Waals surface area contributed by atoms with Crippen molar-refractivity contribution in [2.75, 3.05) is 0 Å². The van der Waals surface area contributed by atoms with E-state index in [4.69, 9.17) is 0 Å². The summed E-state index contributed by atoms with van der Waals surface area (Å²) in [5, 5.41) is 8.10. The van der Waals surface area contributed by atoms with E-state index < -0.39 is 5.41 Å². The van der Waals surface area contributed by atoms with Crippen LogP contribution in [0.15, 0.2) is 140 Å². The highest BCUT2D eigenvalue weighted by Crippen LogP contribution is 2.63. The second kappa shape index (κ2) is 16.4. The molecule has 1 spiro atoms. The molecule has 0 fully saturated rings. The van der Waals surface area contributed by atoms with E-state index in [1.807, 2.05) is 0 Å². The molecule has 0 saturated heterocycles. The highest BCUT2D eigenvalue weighted by Gasteiger charge is 2.55. The Morgan fingerprint density at radius 3 is 1.49 bits per heavy atom. The second-order valence-electron chi connectivity index (χ2n) is 31.2. The van der Waals surface area contributed by atoms with Gasteiger partial charge in [-0.15, -0.1) is 0 Å². The minimum absolute atomic E-state index is 0.0683. The van der Waals surface area contributed by atoms with Crippen molar-refractivity contribution in [1.82, 2.24) is 13.7 Å². The van der Waals surface area contributed by atoms with E-state index in [0.29, 0.717) is 17.8 Å². The van der Waals surface area contributed by atoms with E-state index in [-0.39, 0.29) is 28.4 Å². The zero-order chi connectivity index (χ0) is 58.7. The predicted octanol–water partition coefficient (Wildman–Crippen LogP) is 19.4. The number of rotatable bonds is 4. The van der Waals surface area contributed by atoms with Crippen molar-refractivity contribution in [3.05, 3.63) is 201 Å². The van der Waals surface area contributed by atoms with Crippen LogP contribution in [0.4, 0.5) is 0 Å². The van der Waals surface area contributed by atoms with Gasteiger partial charge in [0.2, 0.25) is 0 Å². The summed E-state index contributed by atoms with van der Waals surface area (Å²) in [4.78, 5) is 0. The normalized spacial score (nSPS) is 14.9. The molecule has 418 valence electrons. The van der Waals surface area contributed by atoms with Crippen molar-refractivity contribution in [3.63, 3.8) is 0 Å². The largest absolute Gasteiger partial charge is 0.310 e. The lowest BCUT2D eigenvalue weighted by atomic mass is 9.33. The van der Waals surface area contributed by atoms with Gasteiger partial charge in [0.15, 0.2) is 0 Å². The Hall–Kier alpha value is -7.56. The van der Waals surface area contributed by atoms with E-state index in [1.54, 1.807) is 0 Å². The van der Waals surface area contributed by atoms with Gasteiger partial charge in [0.1, 0.15) is 0 Å². The Morgan fingerprint density at radius 2 is 0.893 bits per heavy atom. The summed E-state index contributed by atoms with van der Waals surface area (Å²) in [6.07, 6.45) is 0. The molecule has 0 unspecified atom stereocenters. The Kier molecular flexibility index (Phi) is 10.2. The Bertz CT molecular complexity index is 4890. The third-order valence-corrected chi connectivity index (χ3v) is 21.0. The maximum absolute atomic E-state index is 2.83. The van der Waals surface area contributed by atoms with Gasteiger partial charge < -0.3 is 13.7 Å². The van der Waals surface area contributed by atoms with E-state index in [1.165, 1.54) is 171 Å². The molecule has 16 rings (SSSR count). The minimum Gasteiger partial charge on any atom is -0.310 e. The summed E-state index contributed by atoms with van der Waals surface area (Å²) in [7, 11) is 0. The van der Waals surface area contributed by atoms with Crippen molar-refractivity contribution in [1.29, 1.82) is 0 Å². The van der Waals surface area contributed by atoms with Crippen molar-refractivity contribution >= 4 is 88.5 Å². The van der Waals surface area contributed by atoms with Crippen LogP contribution in [-0.4, -0.2) is 20.4 Å². The lowest BCUT2D eigenvalue weighted by Gasteiger charge is -2.45. The molecule has 4 heteroatoms. The molecule has 0 amide bonds. The molecule has 0 radical (unpaired) electrons. The molecule has 3 nitrogen and oxygen atoms in total. The quantitative estimate of drug-likeness (QED) is 0.156. The SMILES string of the molecule is CC(C)c1ccc(-n2c3ccc(C(C)C)cc3c3c4c5ccc(C(C)C)cc5n5c4c(cc32)B2c3c-5ccc4c3-n3c5c2cc(C(C)(C)C)cc5c2cc(C(C)(C)C)cc(c23)C42c3cc(C(C)(C)C)ccc3-c3ccc(C(C)(C)C)cc32)cc1. The minimum atomic E-state index is -0.637. The average Bonchev–Trinajstić information content (AvgIpc) is 1.45. The first-order chi connectivity index (χ1) is 39.7. The first kappa shape index (κ1) is 52.0. The maximum Gasteiger partial charge on any atom is 0.252 e. The van der Waals surface area contributed by atoms with Crippen LogP contribution in [0, 0.1) is 0 Å². The zero-order valence-corrected chi connectivity index (χ0v) is 52.9. The Morgan fingerprint density at radius 1 is 0.357 bits per heavy atom. The van der Waals surface area contributed by atoms with Crippen molar-refractivity contribution in [3.8, 4) is 28.2 Å². The molecule has 0 bridgehead atoms. The number of nitrogens with zero attached hydrogens (tertiary/aromatic N) is 3. The van der Waals surface area contributed by atoms with Crippen LogP contribution in [0.25, 0.3) is 93.6 Å². The first-order valence-corrected chi connectivity index (χ1v) is 31.5. The van der Waals surface area contributed by atoms with Crippen LogP contribution >= 0.6 is 0 Å². The molecule has 3 aromatic heterocycles. The maximum atomic E-state index is 2.83. The average molecular weight is 1090 g/mol. The van der Waals surface area contributed by atoms with Crippen LogP contribution < -0.4 is 16.4 Å². The lowest BCUT2D eigenvalue weighted by molar-refractivity contribution is 0.583. The third-order valence-electron chi connectivity index (χ3n) is 21.0. The van der Waals surface area contributed by atoms with Gasteiger partial charge in [-0.1, -0.05) is 210 Å². The van der Waals surface area contributed by atoms with Crippen LogP contribution in [0.3, 0.4) is 0 Å². The number of fused-ring (bicyclic) bond motifs is 18. The van der Waals surface area contributed by atoms with Gasteiger partial charge in [0, 0.05) is 54.9 Å². The molecule has 6 heterocycles. The van der Waals surface area contributed by atoms with Gasteiger partial charge in [0.25, 0.3) is 6.71 Å². The fourth-order valence-electron chi connectivity index (χ4n) is 16.2. The van der Waals surface area contributed by atoms with Crippen molar-refractivity contribution in [2.45, 2.75) is 169 Å². The molecule has 9 aromatic carbocycles. The van der Waals surface area contributed by atoms with Crippen LogP contribution in [0.5, 0.6) is 0 Å². The van der Waals surface area contributed by atoms with E-state index >= 15 is 0 Å². The second-order valence-corrected chi connectivity index (χ2v) is 31.2. The van der Waals surface area contributed by atoms with Gasteiger partial charge in [-0.25, -0.2) is 0 Å². The van der Waals surface area contributed by atoms with Gasteiger partial charge in [0.05, 0.1) is 33.0 Å². The van der Waals surface area contributed by atoms with Gasteiger partial charge in [-0.3, -0.25) is 0 Å². The number of hydrogen-bond donors (Lipinski definition) is 0. The fourth-order valence-corrected chi connectivity index (χ4v) is 16.2. The highest BCUT2D eigenvalue weighted by atomic mass is 15.1. The fraction of sp³-hybridized carbons (Fsp3) is 0.325. The summed E-state index contributed by atoms with van der Waals surface area (Å²) in [5.74, 6) is 1.18. The first-order valence-electron chi connectivity index (χ1n) is 31.5. The topological polar surface area (TPSA) is 14.8 Å². The zero-order valence-electron chi connectivity index (χ0n) is 52.9. The molecule has 84 heavy (non-hydrogen) atoms. The smallest absolute Gasteiger partial charge is 0.252 e. The van der Waals surface area contributed by atoms with Crippen LogP contribution in [-0.2, 0) is 27.1 Å². The summed E-state index contributed by atoms with van der Waals surface area (Å²) < 4.78 is 8.21. The summed E-state index contributed by atoms with van der Waals surface area (Å²) in [6, 6.07) is 58.0. The van der Waals surface area contributed by atoms with Gasteiger partial charge in [-0.05, 0) is 183 Å². The summed E-state index contributed by atoms with van der Waals surface area (Å²) in [6.45, 7) is 42.8. The molecule has 0 N–H and O–H groups in total. The van der Waals surface area contributed by atoms with Gasteiger partial charge in [-0.2, -0.15) is 0 Å². The van der Waals surface area contributed by atoms with Crippen LogP contribution in [0.2, 0.25) is 0 Å². The standard InChI is InChI=1S/C80H80BN3/c1-42(2)45-19-25-52(26-20-45)82-65-31-22-46(43(3)4)33-58(65)69-68(82)41-64-75-70(69)55-27-21-47(44(5)6)34-67(55)83(75)66-32-30-59-74-71(66)81(64)63-40-51(79(16,17)18)36-57-56-35-50(78(13,14)15)39-62(72(56)84(74)73(57)63)80(59)60-37-48(76(7,8)9)23-28-53(60)54-29-24-49(38-61(54)80)77(10,11)12/h19-44H,1-18H3. The molecule has 0 saturated carbocycles. The molecule has 3 aliphatic heterocycles. The van der Waals surface area contributed by atoms with E-state index in [9.17, 15) is 0 Å². The molecule has 1 aliphatic carbocycles.